The molecule has 1 atom stereocenters. The summed E-state index contributed by atoms with van der Waals surface area (Å²) in [7, 11) is 0. The van der Waals surface area contributed by atoms with E-state index < -0.39 is 18.0 Å². The van der Waals surface area contributed by atoms with Gasteiger partial charge in [-0.05, 0) is 37.1 Å². The van der Waals surface area contributed by atoms with Gasteiger partial charge in [-0.1, -0.05) is 12.1 Å². The van der Waals surface area contributed by atoms with Crippen molar-refractivity contribution in [1.82, 2.24) is 9.88 Å². The number of rotatable bonds is 4. The van der Waals surface area contributed by atoms with Crippen LogP contribution < -0.4 is 9.47 Å². The SMILES string of the molecule is O=C(c1ccccc1OC(F)(F)F)N1CCCC(Oc2ccncc2)C1. The quantitative estimate of drug-likeness (QED) is 0.829. The second-order valence-electron chi connectivity index (χ2n) is 5.86. The van der Waals surface area contributed by atoms with E-state index in [4.69, 9.17) is 4.74 Å². The van der Waals surface area contributed by atoms with Crippen molar-refractivity contribution >= 4 is 5.91 Å². The normalized spacial score (nSPS) is 17.7. The monoisotopic (exact) mass is 366 g/mol. The van der Waals surface area contributed by atoms with E-state index in [2.05, 4.69) is 9.72 Å². The van der Waals surface area contributed by atoms with E-state index in [9.17, 15) is 18.0 Å². The highest BCUT2D eigenvalue weighted by Crippen LogP contribution is 2.28. The number of carbonyl (C=O) groups is 1. The van der Waals surface area contributed by atoms with Gasteiger partial charge >= 0.3 is 6.36 Å². The van der Waals surface area contributed by atoms with Gasteiger partial charge in [0.1, 0.15) is 17.6 Å². The smallest absolute Gasteiger partial charge is 0.488 e. The maximum absolute atomic E-state index is 12.7. The molecule has 0 saturated carbocycles. The van der Waals surface area contributed by atoms with Gasteiger partial charge in [0.15, 0.2) is 0 Å². The maximum atomic E-state index is 12.7. The molecular weight excluding hydrogens is 349 g/mol. The summed E-state index contributed by atoms with van der Waals surface area (Å²) in [6, 6.07) is 8.79. The van der Waals surface area contributed by atoms with Crippen molar-refractivity contribution in [3.05, 3.63) is 54.4 Å². The second kappa shape index (κ2) is 7.63. The molecule has 5 nitrogen and oxygen atoms in total. The van der Waals surface area contributed by atoms with Gasteiger partial charge in [0.2, 0.25) is 0 Å². The van der Waals surface area contributed by atoms with E-state index in [0.29, 0.717) is 25.3 Å². The minimum atomic E-state index is -4.86. The Balaban J connectivity index is 1.72. The fourth-order valence-corrected chi connectivity index (χ4v) is 2.86. The fourth-order valence-electron chi connectivity index (χ4n) is 2.86. The molecule has 1 amide bonds. The van der Waals surface area contributed by atoms with Crippen molar-refractivity contribution in [2.24, 2.45) is 0 Å². The lowest BCUT2D eigenvalue weighted by Gasteiger charge is -2.33. The van der Waals surface area contributed by atoms with Gasteiger partial charge in [0.05, 0.1) is 12.1 Å². The zero-order valence-electron chi connectivity index (χ0n) is 13.8. The molecule has 2 heterocycles. The molecule has 1 aromatic heterocycles. The first-order chi connectivity index (χ1) is 12.4. The number of amides is 1. The Morgan fingerprint density at radius 3 is 2.62 bits per heavy atom. The van der Waals surface area contributed by atoms with Gasteiger partial charge in [-0.15, -0.1) is 13.2 Å². The van der Waals surface area contributed by atoms with Crippen LogP contribution in [0.4, 0.5) is 13.2 Å². The summed E-state index contributed by atoms with van der Waals surface area (Å²) < 4.78 is 47.5. The number of alkyl halides is 3. The summed E-state index contributed by atoms with van der Waals surface area (Å²) >= 11 is 0. The van der Waals surface area contributed by atoms with Crippen LogP contribution in [0.3, 0.4) is 0 Å². The number of hydrogen-bond donors (Lipinski definition) is 0. The summed E-state index contributed by atoms with van der Waals surface area (Å²) in [5.74, 6) is -0.366. The number of para-hydroxylation sites is 1. The third kappa shape index (κ3) is 4.65. The van der Waals surface area contributed by atoms with Crippen molar-refractivity contribution in [3.63, 3.8) is 0 Å². The molecule has 1 aliphatic rings. The maximum Gasteiger partial charge on any atom is 0.573 e. The highest BCUT2D eigenvalue weighted by atomic mass is 19.4. The number of halogens is 3. The van der Waals surface area contributed by atoms with Crippen LogP contribution in [0.5, 0.6) is 11.5 Å². The van der Waals surface area contributed by atoms with Crippen molar-refractivity contribution in [3.8, 4) is 11.5 Å². The molecule has 0 aliphatic carbocycles. The zero-order valence-corrected chi connectivity index (χ0v) is 13.8. The van der Waals surface area contributed by atoms with E-state index in [1.54, 1.807) is 24.5 Å². The molecule has 138 valence electrons. The molecule has 1 fully saturated rings. The third-order valence-corrected chi connectivity index (χ3v) is 3.96. The molecule has 3 rings (SSSR count). The van der Waals surface area contributed by atoms with Crippen molar-refractivity contribution in [1.29, 1.82) is 0 Å². The molecule has 2 aromatic rings. The van der Waals surface area contributed by atoms with E-state index in [-0.39, 0.29) is 11.7 Å². The number of nitrogens with zero attached hydrogens (tertiary/aromatic N) is 2. The number of pyridine rings is 1. The number of hydrogen-bond acceptors (Lipinski definition) is 4. The summed E-state index contributed by atoms with van der Waals surface area (Å²) in [4.78, 5) is 18.1. The van der Waals surface area contributed by atoms with E-state index >= 15 is 0 Å². The molecule has 1 saturated heterocycles. The summed E-state index contributed by atoms with van der Waals surface area (Å²) in [6.45, 7) is 0.747. The summed E-state index contributed by atoms with van der Waals surface area (Å²) in [5.41, 5.74) is -0.116. The van der Waals surface area contributed by atoms with Gasteiger partial charge < -0.3 is 14.4 Å². The lowest BCUT2D eigenvalue weighted by molar-refractivity contribution is -0.274. The average Bonchev–Trinajstić information content (AvgIpc) is 2.61. The predicted molar refractivity (Wildman–Crippen MR) is 86.9 cm³/mol. The molecule has 1 aliphatic heterocycles. The van der Waals surface area contributed by atoms with Crippen LogP contribution in [0, 0.1) is 0 Å². The van der Waals surface area contributed by atoms with E-state index in [1.165, 1.54) is 23.1 Å². The molecular formula is C18H17F3N2O3. The topological polar surface area (TPSA) is 51.7 Å². The number of carbonyl (C=O) groups excluding carboxylic acids is 1. The Bertz CT molecular complexity index is 753. The minimum Gasteiger partial charge on any atom is -0.488 e. The van der Waals surface area contributed by atoms with Crippen molar-refractivity contribution in [2.45, 2.75) is 25.3 Å². The van der Waals surface area contributed by atoms with Crippen LogP contribution in [-0.4, -0.2) is 41.3 Å². The fraction of sp³-hybridized carbons (Fsp3) is 0.333. The molecule has 26 heavy (non-hydrogen) atoms. The minimum absolute atomic E-state index is 0.116. The van der Waals surface area contributed by atoms with Gasteiger partial charge in [-0.25, -0.2) is 0 Å². The first-order valence-corrected chi connectivity index (χ1v) is 8.13. The van der Waals surface area contributed by atoms with Crippen molar-refractivity contribution in [2.75, 3.05) is 13.1 Å². The van der Waals surface area contributed by atoms with Crippen LogP contribution >= 0.6 is 0 Å². The average molecular weight is 366 g/mol. The molecule has 1 aromatic carbocycles. The van der Waals surface area contributed by atoms with E-state index in [1.807, 2.05) is 0 Å². The first-order valence-electron chi connectivity index (χ1n) is 8.13. The highest BCUT2D eigenvalue weighted by Gasteiger charge is 2.34. The number of benzene rings is 1. The molecule has 8 heteroatoms. The van der Waals surface area contributed by atoms with Gasteiger partial charge in [-0.2, -0.15) is 0 Å². The number of aromatic nitrogens is 1. The molecule has 0 bridgehead atoms. The predicted octanol–water partition coefficient (Wildman–Crippen LogP) is 3.66. The Labute approximate surface area is 148 Å². The van der Waals surface area contributed by atoms with Crippen LogP contribution in [0.1, 0.15) is 23.2 Å². The molecule has 1 unspecified atom stereocenters. The number of piperidine rings is 1. The molecule has 0 radical (unpaired) electrons. The summed E-state index contributed by atoms with van der Waals surface area (Å²) in [6.07, 6.45) is -0.426. The Morgan fingerprint density at radius 1 is 1.15 bits per heavy atom. The molecule has 0 N–H and O–H groups in total. The Morgan fingerprint density at radius 2 is 1.88 bits per heavy atom. The van der Waals surface area contributed by atoms with Gasteiger partial charge in [0, 0.05) is 18.9 Å². The highest BCUT2D eigenvalue weighted by molar-refractivity contribution is 5.97. The van der Waals surface area contributed by atoms with E-state index in [0.717, 1.165) is 12.5 Å². The lowest BCUT2D eigenvalue weighted by Crippen LogP contribution is -2.44. The van der Waals surface area contributed by atoms with Crippen LogP contribution in [0.2, 0.25) is 0 Å². The van der Waals surface area contributed by atoms with Gasteiger partial charge in [0.25, 0.3) is 5.91 Å². The van der Waals surface area contributed by atoms with Gasteiger partial charge in [-0.3, -0.25) is 9.78 Å². The first kappa shape index (κ1) is 18.0. The number of likely N-dealkylation sites (tertiary alicyclic amines) is 1. The Kier molecular flexibility index (Phi) is 5.29. The molecule has 0 spiro atoms. The summed E-state index contributed by atoms with van der Waals surface area (Å²) in [5, 5.41) is 0. The second-order valence-corrected chi connectivity index (χ2v) is 5.86. The lowest BCUT2D eigenvalue weighted by atomic mass is 10.1. The standard InChI is InChI=1S/C18H17F3N2O3/c19-18(20,21)26-16-6-2-1-5-15(16)17(24)23-11-3-4-14(12-23)25-13-7-9-22-10-8-13/h1-2,5-10,14H,3-4,11-12H2. The van der Waals surface area contributed by atoms with Crippen molar-refractivity contribution < 1.29 is 27.4 Å². The largest absolute Gasteiger partial charge is 0.573 e. The van der Waals surface area contributed by atoms with Crippen LogP contribution in [0.25, 0.3) is 0 Å². The number of ether oxygens (including phenoxy) is 2. The zero-order chi connectivity index (χ0) is 18.6. The third-order valence-electron chi connectivity index (χ3n) is 3.96. The Hall–Kier alpha value is -2.77. The van der Waals surface area contributed by atoms with Crippen LogP contribution in [-0.2, 0) is 0 Å². The van der Waals surface area contributed by atoms with Crippen LogP contribution in [0.15, 0.2) is 48.8 Å².